The van der Waals surface area contributed by atoms with Gasteiger partial charge in [-0.05, 0) is 26.2 Å². The maximum atomic E-state index is 11.9. The molecule has 0 saturated heterocycles. The lowest BCUT2D eigenvalue weighted by Crippen LogP contribution is -2.53. The van der Waals surface area contributed by atoms with E-state index < -0.39 is 35.8 Å². The third-order valence-corrected chi connectivity index (χ3v) is 3.56. The second-order valence-electron chi connectivity index (χ2n) is 4.72. The monoisotopic (exact) mass is 267 g/mol. The van der Waals surface area contributed by atoms with Crippen molar-refractivity contribution in [3.05, 3.63) is 12.2 Å². The summed E-state index contributed by atoms with van der Waals surface area (Å²) >= 11 is 0. The average Bonchev–Trinajstić information content (AvgIpc) is 2.69. The van der Waals surface area contributed by atoms with Gasteiger partial charge in [0.05, 0.1) is 18.8 Å². The topological polar surface area (TPSA) is 83.9 Å². The van der Waals surface area contributed by atoms with Crippen LogP contribution in [0.25, 0.3) is 0 Å². The van der Waals surface area contributed by atoms with Gasteiger partial charge in [0, 0.05) is 12.2 Å². The molecule has 0 spiro atoms. The van der Waals surface area contributed by atoms with Crippen molar-refractivity contribution in [3.8, 4) is 0 Å². The minimum atomic E-state index is -0.876. The van der Waals surface area contributed by atoms with E-state index in [1.165, 1.54) is 12.2 Å². The van der Waals surface area contributed by atoms with Crippen LogP contribution in [0.4, 0.5) is 0 Å². The van der Waals surface area contributed by atoms with Crippen molar-refractivity contribution >= 4 is 17.8 Å². The van der Waals surface area contributed by atoms with Crippen molar-refractivity contribution in [1.82, 2.24) is 4.90 Å². The zero-order valence-corrected chi connectivity index (χ0v) is 10.7. The second kappa shape index (κ2) is 5.52. The van der Waals surface area contributed by atoms with Crippen LogP contribution in [-0.2, 0) is 19.1 Å². The molecule has 19 heavy (non-hydrogen) atoms. The summed E-state index contributed by atoms with van der Waals surface area (Å²) in [6, 6.07) is -0.613. The molecule has 1 aliphatic carbocycles. The zero-order valence-electron chi connectivity index (χ0n) is 10.7. The lowest BCUT2D eigenvalue weighted by atomic mass is 9.81. The Kier molecular flexibility index (Phi) is 3.99. The second-order valence-corrected chi connectivity index (χ2v) is 4.72. The Morgan fingerprint density at radius 1 is 1.37 bits per heavy atom. The molecule has 0 aromatic rings. The fourth-order valence-corrected chi connectivity index (χ4v) is 2.73. The van der Waals surface area contributed by atoms with Gasteiger partial charge >= 0.3 is 5.97 Å². The van der Waals surface area contributed by atoms with E-state index in [4.69, 9.17) is 4.74 Å². The molecule has 1 fully saturated rings. The van der Waals surface area contributed by atoms with Crippen molar-refractivity contribution in [2.24, 2.45) is 5.92 Å². The molecule has 0 aromatic carbocycles. The summed E-state index contributed by atoms with van der Waals surface area (Å²) in [4.78, 5) is 36.4. The van der Waals surface area contributed by atoms with Crippen LogP contribution in [0.1, 0.15) is 26.2 Å². The van der Waals surface area contributed by atoms with Gasteiger partial charge in [0.25, 0.3) is 11.8 Å². The Morgan fingerprint density at radius 3 is 2.58 bits per heavy atom. The highest BCUT2D eigenvalue weighted by Gasteiger charge is 2.45. The molecule has 1 N–H and O–H groups in total. The van der Waals surface area contributed by atoms with Crippen LogP contribution in [0.15, 0.2) is 12.2 Å². The summed E-state index contributed by atoms with van der Waals surface area (Å²) in [6.45, 7) is 1.88. The number of esters is 1. The zero-order chi connectivity index (χ0) is 14.0. The normalized spacial score (nSPS) is 30.8. The fourth-order valence-electron chi connectivity index (χ4n) is 2.73. The number of hydrogen-bond acceptors (Lipinski definition) is 5. The molecule has 0 aromatic heterocycles. The maximum Gasteiger partial charge on any atom is 0.313 e. The van der Waals surface area contributed by atoms with E-state index in [0.29, 0.717) is 19.3 Å². The molecule has 2 rings (SSSR count). The Hall–Kier alpha value is -1.69. The van der Waals surface area contributed by atoms with E-state index in [1.54, 1.807) is 6.92 Å². The standard InChI is InChI=1S/C13H17NO5/c1-2-19-13(18)12-8(4-3-5-9(12)15)14-10(16)6-7-11(14)17/h6-9,12,15H,2-5H2,1H3/t8-,9-,12+/m0/s1. The lowest BCUT2D eigenvalue weighted by molar-refractivity contribution is -0.160. The number of ether oxygens (including phenoxy) is 1. The number of carbonyl (C=O) groups is 3. The summed E-state index contributed by atoms with van der Waals surface area (Å²) in [5, 5.41) is 10.00. The number of aliphatic hydroxyl groups is 1. The van der Waals surface area contributed by atoms with Gasteiger partial charge in [0.1, 0.15) is 5.92 Å². The van der Waals surface area contributed by atoms with Crippen LogP contribution in [0.3, 0.4) is 0 Å². The van der Waals surface area contributed by atoms with E-state index in [1.807, 2.05) is 0 Å². The van der Waals surface area contributed by atoms with Crippen LogP contribution in [0.2, 0.25) is 0 Å². The number of rotatable bonds is 3. The third-order valence-electron chi connectivity index (χ3n) is 3.56. The molecule has 6 heteroatoms. The van der Waals surface area contributed by atoms with Crippen molar-refractivity contribution in [1.29, 1.82) is 0 Å². The molecule has 104 valence electrons. The third kappa shape index (κ3) is 2.53. The van der Waals surface area contributed by atoms with Gasteiger partial charge in [-0.1, -0.05) is 0 Å². The smallest absolute Gasteiger partial charge is 0.313 e. The molecular weight excluding hydrogens is 250 g/mol. The predicted octanol–water partition coefficient (Wildman–Crippen LogP) is 0.00410. The van der Waals surface area contributed by atoms with Gasteiger partial charge in [-0.2, -0.15) is 0 Å². The van der Waals surface area contributed by atoms with Crippen molar-refractivity contribution < 1.29 is 24.2 Å². The van der Waals surface area contributed by atoms with E-state index in [-0.39, 0.29) is 6.61 Å². The van der Waals surface area contributed by atoms with Crippen molar-refractivity contribution in [2.75, 3.05) is 6.61 Å². The Bertz CT molecular complexity index is 413. The molecule has 1 heterocycles. The summed E-state index contributed by atoms with van der Waals surface area (Å²) in [5.74, 6) is -2.26. The first kappa shape index (κ1) is 13.7. The van der Waals surface area contributed by atoms with Gasteiger partial charge in [-0.15, -0.1) is 0 Å². The van der Waals surface area contributed by atoms with Crippen LogP contribution >= 0.6 is 0 Å². The van der Waals surface area contributed by atoms with Crippen molar-refractivity contribution in [2.45, 2.75) is 38.3 Å². The van der Waals surface area contributed by atoms with Crippen LogP contribution in [0.5, 0.6) is 0 Å². The number of imide groups is 1. The Morgan fingerprint density at radius 2 is 2.00 bits per heavy atom. The quantitative estimate of drug-likeness (QED) is 0.575. The molecule has 6 nitrogen and oxygen atoms in total. The van der Waals surface area contributed by atoms with Gasteiger partial charge in [0.2, 0.25) is 0 Å². The lowest BCUT2D eigenvalue weighted by Gasteiger charge is -2.37. The minimum absolute atomic E-state index is 0.203. The number of hydrogen-bond donors (Lipinski definition) is 1. The van der Waals surface area contributed by atoms with Crippen LogP contribution < -0.4 is 0 Å². The van der Waals surface area contributed by atoms with E-state index in [9.17, 15) is 19.5 Å². The Labute approximate surface area is 111 Å². The highest BCUT2D eigenvalue weighted by molar-refractivity contribution is 6.13. The molecule has 0 unspecified atom stereocenters. The average molecular weight is 267 g/mol. The molecule has 2 amide bonds. The molecule has 3 atom stereocenters. The molecule has 1 saturated carbocycles. The highest BCUT2D eigenvalue weighted by atomic mass is 16.5. The number of nitrogens with zero attached hydrogens (tertiary/aromatic N) is 1. The molecule has 0 bridgehead atoms. The summed E-state index contributed by atoms with van der Waals surface area (Å²) < 4.78 is 4.94. The molecule has 0 radical (unpaired) electrons. The fraction of sp³-hybridized carbons (Fsp3) is 0.615. The number of aliphatic hydroxyl groups excluding tert-OH is 1. The van der Waals surface area contributed by atoms with Gasteiger partial charge in [0.15, 0.2) is 0 Å². The summed E-state index contributed by atoms with van der Waals surface area (Å²) in [5.41, 5.74) is 0. The predicted molar refractivity (Wildman–Crippen MR) is 64.8 cm³/mol. The maximum absolute atomic E-state index is 11.9. The highest BCUT2D eigenvalue weighted by Crippen LogP contribution is 2.31. The molecule has 1 aliphatic heterocycles. The Balaban J connectivity index is 2.23. The first-order chi connectivity index (χ1) is 9.06. The van der Waals surface area contributed by atoms with Crippen molar-refractivity contribution in [3.63, 3.8) is 0 Å². The molecule has 2 aliphatic rings. The largest absolute Gasteiger partial charge is 0.466 e. The first-order valence-corrected chi connectivity index (χ1v) is 6.46. The van der Waals surface area contributed by atoms with E-state index in [2.05, 4.69) is 0 Å². The molecular formula is C13H17NO5. The van der Waals surface area contributed by atoms with E-state index in [0.717, 1.165) is 4.90 Å². The van der Waals surface area contributed by atoms with Crippen LogP contribution in [-0.4, -0.2) is 46.5 Å². The van der Waals surface area contributed by atoms with Gasteiger partial charge < -0.3 is 9.84 Å². The summed E-state index contributed by atoms with van der Waals surface area (Å²) in [7, 11) is 0. The first-order valence-electron chi connectivity index (χ1n) is 6.46. The van der Waals surface area contributed by atoms with Gasteiger partial charge in [-0.25, -0.2) is 0 Å². The summed E-state index contributed by atoms with van der Waals surface area (Å²) in [6.07, 6.45) is 3.15. The minimum Gasteiger partial charge on any atom is -0.466 e. The number of amides is 2. The van der Waals surface area contributed by atoms with E-state index >= 15 is 0 Å². The SMILES string of the molecule is CCOC(=O)[C@H]1[C@@H](O)CCC[C@@H]1N1C(=O)C=CC1=O. The number of carbonyl (C=O) groups excluding carboxylic acids is 3. The van der Waals surface area contributed by atoms with Crippen LogP contribution in [0, 0.1) is 5.92 Å². The van der Waals surface area contributed by atoms with Gasteiger partial charge in [-0.3, -0.25) is 19.3 Å².